The van der Waals surface area contributed by atoms with Gasteiger partial charge in [0.15, 0.2) is 0 Å². The zero-order valence-electron chi connectivity index (χ0n) is 13.8. The smallest absolute Gasteiger partial charge is 0.211 e. The molecule has 124 valence electrons. The molecule has 1 unspecified atom stereocenters. The molecule has 0 N–H and O–H groups in total. The Morgan fingerprint density at radius 3 is 2.73 bits per heavy atom. The van der Waals surface area contributed by atoms with Crippen molar-refractivity contribution in [2.75, 3.05) is 19.3 Å². The first-order valence-corrected chi connectivity index (χ1v) is 9.83. The molecular formula is C16H27N3O2S. The van der Waals surface area contributed by atoms with Crippen LogP contribution in [0, 0.1) is 0 Å². The summed E-state index contributed by atoms with van der Waals surface area (Å²) in [5.74, 6) is 0. The lowest BCUT2D eigenvalue weighted by Gasteiger charge is -2.40. The average Bonchev–Trinajstić information content (AvgIpc) is 2.47. The van der Waals surface area contributed by atoms with Crippen molar-refractivity contribution in [3.05, 3.63) is 30.1 Å². The molecule has 0 saturated carbocycles. The van der Waals surface area contributed by atoms with E-state index < -0.39 is 10.0 Å². The molecule has 1 aliphatic rings. The largest absolute Gasteiger partial charge is 0.297 e. The van der Waals surface area contributed by atoms with E-state index in [0.29, 0.717) is 25.2 Å². The van der Waals surface area contributed by atoms with Gasteiger partial charge < -0.3 is 0 Å². The van der Waals surface area contributed by atoms with Gasteiger partial charge in [0.25, 0.3) is 0 Å². The summed E-state index contributed by atoms with van der Waals surface area (Å²) >= 11 is 0. The van der Waals surface area contributed by atoms with E-state index in [2.05, 4.69) is 23.7 Å². The van der Waals surface area contributed by atoms with Crippen LogP contribution in [0.25, 0.3) is 0 Å². The Hall–Kier alpha value is -0.980. The summed E-state index contributed by atoms with van der Waals surface area (Å²) in [5.41, 5.74) is 0.792. The standard InChI is InChI=1S/C16H27N3O2S/c1-14(2)19-11-7-5-9-16(19)13-18(22(3,20)21)12-15-8-4-6-10-17-15/h4,6,8,10,14,16H,5,7,9,11-13H2,1-3H3. The summed E-state index contributed by atoms with van der Waals surface area (Å²) in [6, 6.07) is 6.35. The third-order valence-corrected chi connectivity index (χ3v) is 5.50. The lowest BCUT2D eigenvalue weighted by molar-refractivity contribution is 0.0952. The van der Waals surface area contributed by atoms with E-state index in [4.69, 9.17) is 0 Å². The van der Waals surface area contributed by atoms with Gasteiger partial charge in [-0.3, -0.25) is 9.88 Å². The Labute approximate surface area is 134 Å². The predicted octanol–water partition coefficient (Wildman–Crippen LogP) is 2.11. The van der Waals surface area contributed by atoms with Gasteiger partial charge in [-0.15, -0.1) is 0 Å². The van der Waals surface area contributed by atoms with Crippen molar-refractivity contribution in [2.24, 2.45) is 0 Å². The highest BCUT2D eigenvalue weighted by Gasteiger charge is 2.29. The molecule has 1 atom stereocenters. The highest BCUT2D eigenvalue weighted by atomic mass is 32.2. The molecule has 1 aromatic rings. The summed E-state index contributed by atoms with van der Waals surface area (Å²) in [4.78, 5) is 6.69. The van der Waals surface area contributed by atoms with E-state index in [0.717, 1.165) is 18.7 Å². The van der Waals surface area contributed by atoms with Crippen molar-refractivity contribution < 1.29 is 8.42 Å². The van der Waals surface area contributed by atoms with Crippen LogP contribution in [0.4, 0.5) is 0 Å². The Kier molecular flexibility index (Phi) is 5.94. The summed E-state index contributed by atoms with van der Waals surface area (Å²) in [7, 11) is -3.24. The van der Waals surface area contributed by atoms with Crippen LogP contribution < -0.4 is 0 Å². The van der Waals surface area contributed by atoms with Crippen LogP contribution in [-0.4, -0.2) is 54.0 Å². The number of aromatic nitrogens is 1. The minimum absolute atomic E-state index is 0.298. The third-order valence-electron chi connectivity index (χ3n) is 4.28. The summed E-state index contributed by atoms with van der Waals surface area (Å²) in [6.45, 7) is 6.32. The molecule has 1 aliphatic heterocycles. The van der Waals surface area contributed by atoms with Gasteiger partial charge in [0.05, 0.1) is 18.5 Å². The first-order chi connectivity index (χ1) is 10.4. The number of pyridine rings is 1. The molecule has 0 bridgehead atoms. The molecule has 2 heterocycles. The van der Waals surface area contributed by atoms with Gasteiger partial charge >= 0.3 is 0 Å². The van der Waals surface area contributed by atoms with E-state index in [-0.39, 0.29) is 0 Å². The maximum atomic E-state index is 12.2. The first kappa shape index (κ1) is 17.4. The number of hydrogen-bond donors (Lipinski definition) is 0. The molecule has 6 heteroatoms. The molecule has 1 aromatic heterocycles. The van der Waals surface area contributed by atoms with Crippen LogP contribution in [0.1, 0.15) is 38.8 Å². The molecule has 1 saturated heterocycles. The molecule has 0 radical (unpaired) electrons. The highest BCUT2D eigenvalue weighted by molar-refractivity contribution is 7.88. The second-order valence-corrected chi connectivity index (χ2v) is 8.34. The molecule has 0 amide bonds. The zero-order valence-corrected chi connectivity index (χ0v) is 14.6. The Balaban J connectivity index is 2.12. The second-order valence-electron chi connectivity index (χ2n) is 6.36. The number of piperidine rings is 1. The van der Waals surface area contributed by atoms with Gasteiger partial charge in [-0.2, -0.15) is 4.31 Å². The van der Waals surface area contributed by atoms with E-state index >= 15 is 0 Å². The number of hydrogen-bond acceptors (Lipinski definition) is 4. The van der Waals surface area contributed by atoms with Gasteiger partial charge in [-0.25, -0.2) is 8.42 Å². The van der Waals surface area contributed by atoms with Crippen LogP contribution in [0.3, 0.4) is 0 Å². The fourth-order valence-corrected chi connectivity index (χ4v) is 3.93. The lowest BCUT2D eigenvalue weighted by Crippen LogP contribution is -2.50. The monoisotopic (exact) mass is 325 g/mol. The van der Waals surface area contributed by atoms with E-state index in [1.807, 2.05) is 18.2 Å². The fourth-order valence-electron chi connectivity index (χ4n) is 3.12. The topological polar surface area (TPSA) is 53.5 Å². The van der Waals surface area contributed by atoms with Gasteiger partial charge in [0.2, 0.25) is 10.0 Å². The SMILES string of the molecule is CC(C)N1CCCCC1CN(Cc1ccccn1)S(C)(=O)=O. The van der Waals surface area contributed by atoms with Crippen LogP contribution >= 0.6 is 0 Å². The van der Waals surface area contributed by atoms with E-state index in [1.54, 1.807) is 10.5 Å². The van der Waals surface area contributed by atoms with E-state index in [9.17, 15) is 8.42 Å². The molecule has 5 nitrogen and oxygen atoms in total. The van der Waals surface area contributed by atoms with Crippen molar-refractivity contribution in [2.45, 2.75) is 51.7 Å². The molecule has 2 rings (SSSR count). The zero-order chi connectivity index (χ0) is 16.2. The first-order valence-electron chi connectivity index (χ1n) is 7.98. The summed E-state index contributed by atoms with van der Waals surface area (Å²) in [6.07, 6.45) is 6.44. The number of sulfonamides is 1. The van der Waals surface area contributed by atoms with Gasteiger partial charge in [0, 0.05) is 24.8 Å². The summed E-state index contributed by atoms with van der Waals surface area (Å²) in [5, 5.41) is 0. The predicted molar refractivity (Wildman–Crippen MR) is 89.0 cm³/mol. The highest BCUT2D eigenvalue weighted by Crippen LogP contribution is 2.22. The third kappa shape index (κ3) is 4.76. The van der Waals surface area contributed by atoms with Crippen LogP contribution in [0.2, 0.25) is 0 Å². The minimum atomic E-state index is -3.24. The van der Waals surface area contributed by atoms with Crippen molar-refractivity contribution in [3.8, 4) is 0 Å². The van der Waals surface area contributed by atoms with Crippen molar-refractivity contribution in [1.82, 2.24) is 14.2 Å². The Bertz CT molecular complexity index is 560. The van der Waals surface area contributed by atoms with Gasteiger partial charge in [0.1, 0.15) is 0 Å². The maximum Gasteiger partial charge on any atom is 0.211 e. The molecule has 22 heavy (non-hydrogen) atoms. The second kappa shape index (κ2) is 7.53. The molecular weight excluding hydrogens is 298 g/mol. The van der Waals surface area contributed by atoms with Crippen molar-refractivity contribution >= 4 is 10.0 Å². The molecule has 0 aromatic carbocycles. The molecule has 0 spiro atoms. The van der Waals surface area contributed by atoms with Gasteiger partial charge in [-0.1, -0.05) is 12.5 Å². The lowest BCUT2D eigenvalue weighted by atomic mass is 10.0. The quantitative estimate of drug-likeness (QED) is 0.804. The fraction of sp³-hybridized carbons (Fsp3) is 0.688. The van der Waals surface area contributed by atoms with Crippen molar-refractivity contribution in [3.63, 3.8) is 0 Å². The minimum Gasteiger partial charge on any atom is -0.297 e. The average molecular weight is 325 g/mol. The number of rotatable bonds is 6. The molecule has 1 fully saturated rings. The Morgan fingerprint density at radius 2 is 2.14 bits per heavy atom. The van der Waals surface area contributed by atoms with Crippen LogP contribution in [0.15, 0.2) is 24.4 Å². The number of nitrogens with zero attached hydrogens (tertiary/aromatic N) is 3. The summed E-state index contributed by atoms with van der Waals surface area (Å²) < 4.78 is 25.9. The Morgan fingerprint density at radius 1 is 1.36 bits per heavy atom. The molecule has 0 aliphatic carbocycles. The van der Waals surface area contributed by atoms with E-state index in [1.165, 1.54) is 19.1 Å². The van der Waals surface area contributed by atoms with Crippen LogP contribution in [-0.2, 0) is 16.6 Å². The maximum absolute atomic E-state index is 12.2. The van der Waals surface area contributed by atoms with Crippen LogP contribution in [0.5, 0.6) is 0 Å². The normalized spacial score (nSPS) is 20.7. The number of likely N-dealkylation sites (tertiary alicyclic amines) is 1. The van der Waals surface area contributed by atoms with Gasteiger partial charge in [-0.05, 0) is 45.4 Å². The van der Waals surface area contributed by atoms with Crippen molar-refractivity contribution in [1.29, 1.82) is 0 Å².